The zero-order valence-corrected chi connectivity index (χ0v) is 44.6. The van der Waals surface area contributed by atoms with Gasteiger partial charge in [-0.25, -0.2) is 4.98 Å². The maximum Gasteiger partial charge on any atom is 0.246 e. The molecule has 3 fully saturated rings. The standard InChI is InChI=1S/C55H72N8O12S/c1-37-51(76-36-58-37)39-16-14-38(15-17-39)31-57-53(69)44-30-42(64)34-63(44)54(70)52(55(2,3)4)60-49(68)35-74-28-27-73-26-25-72-24-23-71-22-19-56-48(67)12-8-21-75-50-13-7-11-47(59-50)62-33-40-29-41(62)32-61(40)20-18-46(66)43-9-5-6-10-45(43)65/h5-7,9-11,13-18,20,36,40-42,44,52,64-65H,8,12,19,21-35H2,1-4H3,(H,56,67)(H,57,69)(H,60,68)/b20-18+/t40-,41-,42-,44+,52-/m1/s1. The summed E-state index contributed by atoms with van der Waals surface area (Å²) in [6.45, 7) is 11.6. The third-order valence-electron chi connectivity index (χ3n) is 13.3. The molecule has 0 saturated carbocycles. The number of para-hydroxylation sites is 1. The van der Waals surface area contributed by atoms with Crippen LogP contribution in [0.5, 0.6) is 11.6 Å². The first-order valence-corrected chi connectivity index (χ1v) is 26.8. The van der Waals surface area contributed by atoms with Crippen molar-refractivity contribution in [2.45, 2.75) is 90.2 Å². The largest absolute Gasteiger partial charge is 0.507 e. The van der Waals surface area contributed by atoms with Crippen molar-refractivity contribution in [3.63, 3.8) is 0 Å². The first kappa shape index (κ1) is 57.2. The van der Waals surface area contributed by atoms with Crippen LogP contribution in [0.25, 0.3) is 10.4 Å². The van der Waals surface area contributed by atoms with E-state index in [-0.39, 0.29) is 80.3 Å². The number of anilines is 1. The Kier molecular flexibility index (Phi) is 21.1. The molecular weight excluding hydrogens is 997 g/mol. The van der Waals surface area contributed by atoms with Crippen molar-refractivity contribution in [1.82, 2.24) is 35.7 Å². The molecule has 3 aliphatic heterocycles. The molecule has 4 aromatic rings. The highest BCUT2D eigenvalue weighted by Gasteiger charge is 2.45. The number of nitrogens with one attached hydrogen (secondary N) is 3. The molecule has 0 spiro atoms. The lowest BCUT2D eigenvalue weighted by Crippen LogP contribution is -2.58. The van der Waals surface area contributed by atoms with E-state index in [2.05, 4.69) is 30.7 Å². The number of likely N-dealkylation sites (tertiary alicyclic amines) is 2. The summed E-state index contributed by atoms with van der Waals surface area (Å²) in [4.78, 5) is 81.2. The summed E-state index contributed by atoms with van der Waals surface area (Å²) in [5, 5.41) is 29.1. The van der Waals surface area contributed by atoms with E-state index in [1.54, 1.807) is 41.1 Å². The molecule has 410 valence electrons. The Balaban J connectivity index is 0.672. The number of ether oxygens (including phenoxy) is 5. The number of phenolic OH excluding ortho intramolecular Hbond substituents is 1. The van der Waals surface area contributed by atoms with Crippen molar-refractivity contribution in [2.75, 3.05) is 90.5 Å². The number of carbonyl (C=O) groups excluding carboxylic acids is 5. The zero-order valence-electron chi connectivity index (χ0n) is 43.8. The monoisotopic (exact) mass is 1070 g/mol. The molecule has 0 radical (unpaired) electrons. The van der Waals surface area contributed by atoms with Crippen LogP contribution in [0.4, 0.5) is 5.82 Å². The van der Waals surface area contributed by atoms with Crippen LogP contribution < -0.4 is 25.6 Å². The maximum absolute atomic E-state index is 13.9. The van der Waals surface area contributed by atoms with Crippen molar-refractivity contribution >= 4 is 46.6 Å². The van der Waals surface area contributed by atoms with Gasteiger partial charge in [0, 0.05) is 76.0 Å². The molecule has 3 aliphatic rings. The lowest BCUT2D eigenvalue weighted by Gasteiger charge is -2.35. The topological polar surface area (TPSA) is 244 Å². The third kappa shape index (κ3) is 16.5. The van der Waals surface area contributed by atoms with Gasteiger partial charge in [0.2, 0.25) is 29.5 Å². The number of rotatable bonds is 29. The second-order valence-corrected chi connectivity index (χ2v) is 20.9. The van der Waals surface area contributed by atoms with Crippen molar-refractivity contribution in [3.05, 3.63) is 101 Å². The average Bonchev–Trinajstić information content (AvgIpc) is 4.23. The van der Waals surface area contributed by atoms with E-state index in [1.165, 1.54) is 17.0 Å². The number of pyridine rings is 1. The molecule has 5 N–H and O–H groups in total. The molecule has 0 unspecified atom stereocenters. The molecule has 2 bridgehead atoms. The van der Waals surface area contributed by atoms with Gasteiger partial charge in [-0.05, 0) is 54.5 Å². The van der Waals surface area contributed by atoms with Crippen LogP contribution in [0.3, 0.4) is 0 Å². The first-order valence-electron chi connectivity index (χ1n) is 25.9. The number of aryl methyl sites for hydroxylation is 1. The second-order valence-electron chi connectivity index (χ2n) is 20.1. The molecule has 3 saturated heterocycles. The molecule has 21 heteroatoms. The van der Waals surface area contributed by atoms with E-state index in [9.17, 15) is 34.2 Å². The number of ketones is 1. The number of hydrogen-bond acceptors (Lipinski definition) is 17. The minimum absolute atomic E-state index is 0.0258. The van der Waals surface area contributed by atoms with Crippen LogP contribution in [-0.4, -0.2) is 175 Å². The number of hydrogen-bond donors (Lipinski definition) is 5. The molecule has 4 amide bonds. The number of benzene rings is 2. The number of fused-ring (bicyclic) bond motifs is 2. The van der Waals surface area contributed by atoms with Gasteiger partial charge in [-0.3, -0.25) is 24.0 Å². The predicted molar refractivity (Wildman–Crippen MR) is 285 cm³/mol. The fourth-order valence-electron chi connectivity index (χ4n) is 9.31. The SMILES string of the molecule is Cc1ncsc1-c1ccc(CNC(=O)[C@@H]2C[C@@H](O)CN2C(=O)[C@@H](NC(=O)COCCOCCOCCOCCNC(=O)CCCOc2cccc(N3C[C@H]4C[C@@H]3CN4/C=C/C(=O)c3ccccc3O)n2)C(C)(C)C)cc1. The number of allylic oxidation sites excluding steroid dienone is 1. The summed E-state index contributed by atoms with van der Waals surface area (Å²) in [5.41, 5.74) is 4.27. The molecule has 5 heterocycles. The van der Waals surface area contributed by atoms with Gasteiger partial charge in [-0.15, -0.1) is 11.3 Å². The van der Waals surface area contributed by atoms with Gasteiger partial charge in [0.05, 0.1) is 80.6 Å². The molecule has 76 heavy (non-hydrogen) atoms. The molecule has 2 aromatic carbocycles. The van der Waals surface area contributed by atoms with E-state index < -0.39 is 35.4 Å². The normalized spacial score (nSPS) is 18.6. The van der Waals surface area contributed by atoms with Crippen LogP contribution in [0, 0.1) is 12.3 Å². The number of aromatic nitrogens is 2. The number of thiazole rings is 1. The number of nitrogens with zero attached hydrogens (tertiary/aromatic N) is 5. The van der Waals surface area contributed by atoms with E-state index in [0.29, 0.717) is 64.9 Å². The number of aliphatic hydroxyl groups excluding tert-OH is 1. The lowest BCUT2D eigenvalue weighted by molar-refractivity contribution is -0.144. The van der Waals surface area contributed by atoms with Gasteiger partial charge in [0.25, 0.3) is 0 Å². The highest BCUT2D eigenvalue weighted by atomic mass is 32.1. The minimum atomic E-state index is -0.976. The number of aliphatic hydroxyl groups is 1. The fourth-order valence-corrected chi connectivity index (χ4v) is 10.1. The number of aromatic hydroxyl groups is 1. The van der Waals surface area contributed by atoms with Crippen LogP contribution in [0.15, 0.2) is 84.5 Å². The Morgan fingerprint density at radius 3 is 2.22 bits per heavy atom. The summed E-state index contributed by atoms with van der Waals surface area (Å²) < 4.78 is 28.1. The smallest absolute Gasteiger partial charge is 0.246 e. The van der Waals surface area contributed by atoms with Gasteiger partial charge in [-0.2, -0.15) is 4.98 Å². The van der Waals surface area contributed by atoms with E-state index in [0.717, 1.165) is 47.0 Å². The van der Waals surface area contributed by atoms with Crippen LogP contribution in [0.1, 0.15) is 68.1 Å². The van der Waals surface area contributed by atoms with Gasteiger partial charge >= 0.3 is 0 Å². The Hall–Kier alpha value is -6.49. The Bertz CT molecular complexity index is 2590. The first-order chi connectivity index (χ1) is 36.6. The van der Waals surface area contributed by atoms with Gasteiger partial charge in [-0.1, -0.05) is 63.2 Å². The van der Waals surface area contributed by atoms with E-state index in [4.69, 9.17) is 28.7 Å². The van der Waals surface area contributed by atoms with E-state index >= 15 is 0 Å². The number of amides is 4. The molecule has 20 nitrogen and oxygen atoms in total. The number of β-amino-alcohol motifs (C(OH)–C–C–N with tert-alkyl or cyclic N) is 1. The van der Waals surface area contributed by atoms with E-state index in [1.807, 2.05) is 70.3 Å². The molecule has 2 aromatic heterocycles. The summed E-state index contributed by atoms with van der Waals surface area (Å²) in [7, 11) is 0. The Labute approximate surface area is 448 Å². The summed E-state index contributed by atoms with van der Waals surface area (Å²) in [5.74, 6) is -0.360. The predicted octanol–water partition coefficient (Wildman–Crippen LogP) is 4.03. The Morgan fingerprint density at radius 2 is 1.54 bits per heavy atom. The van der Waals surface area contributed by atoms with Crippen LogP contribution >= 0.6 is 11.3 Å². The van der Waals surface area contributed by atoms with Gasteiger partial charge < -0.3 is 64.5 Å². The third-order valence-corrected chi connectivity index (χ3v) is 14.3. The number of carbonyl (C=O) groups is 5. The Morgan fingerprint density at radius 1 is 0.816 bits per heavy atom. The summed E-state index contributed by atoms with van der Waals surface area (Å²) >= 11 is 1.57. The van der Waals surface area contributed by atoms with Crippen LogP contribution in [0.2, 0.25) is 0 Å². The zero-order chi connectivity index (χ0) is 54.0. The van der Waals surface area contributed by atoms with Gasteiger partial charge in [0.1, 0.15) is 30.3 Å². The molecule has 7 rings (SSSR count). The van der Waals surface area contributed by atoms with Crippen molar-refractivity contribution < 1.29 is 57.9 Å². The average molecular weight is 1070 g/mol. The second kappa shape index (κ2) is 28.0. The quantitative estimate of drug-likeness (QED) is 0.0293. The summed E-state index contributed by atoms with van der Waals surface area (Å²) in [6, 6.07) is 18.7. The highest BCUT2D eigenvalue weighted by Crippen LogP contribution is 2.35. The fraction of sp³-hybridized carbons (Fsp3) is 0.509. The minimum Gasteiger partial charge on any atom is -0.507 e. The van der Waals surface area contributed by atoms with Crippen molar-refractivity contribution in [2.24, 2.45) is 5.41 Å². The molecular formula is C55H72N8O12S. The number of piperazine rings is 1. The highest BCUT2D eigenvalue weighted by molar-refractivity contribution is 7.13. The maximum atomic E-state index is 13.9. The van der Waals surface area contributed by atoms with Gasteiger partial charge in [0.15, 0.2) is 5.78 Å². The van der Waals surface area contributed by atoms with Crippen molar-refractivity contribution in [1.29, 1.82) is 0 Å². The summed E-state index contributed by atoms with van der Waals surface area (Å²) in [6.07, 6.45) is 4.33. The molecule has 0 aliphatic carbocycles. The number of phenols is 1. The molecule has 5 atom stereocenters. The van der Waals surface area contributed by atoms with Crippen molar-refractivity contribution in [3.8, 4) is 22.1 Å². The van der Waals surface area contributed by atoms with Crippen LogP contribution in [-0.2, 0) is 44.7 Å². The lowest BCUT2D eigenvalue weighted by atomic mass is 9.85.